The predicted octanol–water partition coefficient (Wildman–Crippen LogP) is 0.977. The van der Waals surface area contributed by atoms with E-state index in [1.54, 1.807) is 11.3 Å². The van der Waals surface area contributed by atoms with Crippen molar-refractivity contribution >= 4 is 11.3 Å². The summed E-state index contributed by atoms with van der Waals surface area (Å²) in [6.07, 6.45) is 1.81. The van der Waals surface area contributed by atoms with E-state index in [1.807, 2.05) is 11.6 Å². The molecule has 4 nitrogen and oxygen atoms in total. The SMILES string of the molecule is CC(C)(NCCOCCO)c1nccs1. The van der Waals surface area contributed by atoms with Gasteiger partial charge in [0, 0.05) is 18.1 Å². The number of aliphatic hydroxyl groups excluding tert-OH is 1. The molecule has 0 saturated heterocycles. The van der Waals surface area contributed by atoms with Gasteiger partial charge in [-0.1, -0.05) is 0 Å². The lowest BCUT2D eigenvalue weighted by Gasteiger charge is -2.23. The van der Waals surface area contributed by atoms with E-state index in [9.17, 15) is 0 Å². The second kappa shape index (κ2) is 6.17. The van der Waals surface area contributed by atoms with E-state index in [1.165, 1.54) is 0 Å². The molecule has 0 fully saturated rings. The van der Waals surface area contributed by atoms with Gasteiger partial charge >= 0.3 is 0 Å². The number of aromatic nitrogens is 1. The number of hydrogen-bond acceptors (Lipinski definition) is 5. The first-order valence-corrected chi connectivity index (χ1v) is 5.88. The van der Waals surface area contributed by atoms with Crippen molar-refractivity contribution in [3.05, 3.63) is 16.6 Å². The molecule has 0 spiro atoms. The molecule has 0 bridgehead atoms. The van der Waals surface area contributed by atoms with Gasteiger partial charge in [-0.15, -0.1) is 11.3 Å². The predicted molar refractivity (Wildman–Crippen MR) is 61.0 cm³/mol. The summed E-state index contributed by atoms with van der Waals surface area (Å²) >= 11 is 1.64. The van der Waals surface area contributed by atoms with Crippen molar-refractivity contribution in [2.24, 2.45) is 0 Å². The Balaban J connectivity index is 2.25. The van der Waals surface area contributed by atoms with E-state index in [2.05, 4.69) is 24.1 Å². The van der Waals surface area contributed by atoms with Gasteiger partial charge in [-0.3, -0.25) is 0 Å². The van der Waals surface area contributed by atoms with Crippen LogP contribution < -0.4 is 5.32 Å². The Bertz CT molecular complexity index is 262. The number of ether oxygens (including phenoxy) is 1. The molecule has 0 aliphatic carbocycles. The van der Waals surface area contributed by atoms with Gasteiger partial charge in [-0.25, -0.2) is 4.98 Å². The third-order valence-electron chi connectivity index (χ3n) is 2.02. The van der Waals surface area contributed by atoms with Crippen molar-refractivity contribution in [1.82, 2.24) is 10.3 Å². The fraction of sp³-hybridized carbons (Fsp3) is 0.700. The number of thiazole rings is 1. The Morgan fingerprint density at radius 1 is 1.53 bits per heavy atom. The minimum atomic E-state index is -0.114. The zero-order chi connectivity index (χ0) is 11.1. The third-order valence-corrected chi connectivity index (χ3v) is 3.11. The molecule has 0 saturated carbocycles. The maximum atomic E-state index is 8.52. The lowest BCUT2D eigenvalue weighted by molar-refractivity contribution is 0.0903. The van der Waals surface area contributed by atoms with Crippen molar-refractivity contribution in [1.29, 1.82) is 0 Å². The average Bonchev–Trinajstić information content (AvgIpc) is 2.70. The summed E-state index contributed by atoms with van der Waals surface area (Å²) in [5.74, 6) is 0. The van der Waals surface area contributed by atoms with Crippen LogP contribution in [-0.4, -0.2) is 36.5 Å². The van der Waals surface area contributed by atoms with Gasteiger partial charge in [0.1, 0.15) is 5.01 Å². The van der Waals surface area contributed by atoms with Crippen LogP contribution in [0.3, 0.4) is 0 Å². The standard InChI is InChI=1S/C10H18N2O2S/c1-10(2,9-11-4-8-15-9)12-3-6-14-7-5-13/h4,8,12-13H,3,5-7H2,1-2H3. The van der Waals surface area contributed by atoms with E-state index in [4.69, 9.17) is 9.84 Å². The third kappa shape index (κ3) is 4.25. The van der Waals surface area contributed by atoms with Crippen LogP contribution in [0.4, 0.5) is 0 Å². The summed E-state index contributed by atoms with van der Waals surface area (Å²) < 4.78 is 5.17. The van der Waals surface area contributed by atoms with Crippen molar-refractivity contribution in [2.45, 2.75) is 19.4 Å². The summed E-state index contributed by atoms with van der Waals surface area (Å²) in [6.45, 7) is 6.03. The second-order valence-corrected chi connectivity index (χ2v) is 4.62. The van der Waals surface area contributed by atoms with Crippen LogP contribution in [0, 0.1) is 0 Å². The van der Waals surface area contributed by atoms with Crippen LogP contribution in [0.5, 0.6) is 0 Å². The lowest BCUT2D eigenvalue weighted by Crippen LogP contribution is -2.38. The molecule has 0 aromatic carbocycles. The quantitative estimate of drug-likeness (QED) is 0.686. The Morgan fingerprint density at radius 3 is 2.93 bits per heavy atom. The highest BCUT2D eigenvalue weighted by atomic mass is 32.1. The van der Waals surface area contributed by atoms with E-state index in [0.717, 1.165) is 11.6 Å². The number of nitrogens with zero attached hydrogens (tertiary/aromatic N) is 1. The maximum absolute atomic E-state index is 8.52. The molecule has 0 aliphatic heterocycles. The van der Waals surface area contributed by atoms with Crippen LogP contribution in [0.2, 0.25) is 0 Å². The van der Waals surface area contributed by atoms with Crippen molar-refractivity contribution in [3.8, 4) is 0 Å². The molecule has 0 unspecified atom stereocenters. The van der Waals surface area contributed by atoms with E-state index >= 15 is 0 Å². The maximum Gasteiger partial charge on any atom is 0.112 e. The van der Waals surface area contributed by atoms with Gasteiger partial charge in [-0.05, 0) is 13.8 Å². The van der Waals surface area contributed by atoms with Crippen LogP contribution in [0.25, 0.3) is 0 Å². The molecule has 0 aliphatic rings. The number of nitrogens with one attached hydrogen (secondary N) is 1. The molecule has 86 valence electrons. The molecular weight excluding hydrogens is 212 g/mol. The summed E-state index contributed by atoms with van der Waals surface area (Å²) in [7, 11) is 0. The monoisotopic (exact) mass is 230 g/mol. The molecule has 15 heavy (non-hydrogen) atoms. The van der Waals surface area contributed by atoms with E-state index < -0.39 is 0 Å². The van der Waals surface area contributed by atoms with Crippen LogP contribution in [0.15, 0.2) is 11.6 Å². The van der Waals surface area contributed by atoms with Gasteiger partial charge < -0.3 is 15.2 Å². The zero-order valence-electron chi connectivity index (χ0n) is 9.19. The molecule has 1 heterocycles. The minimum Gasteiger partial charge on any atom is -0.394 e. The van der Waals surface area contributed by atoms with E-state index in [0.29, 0.717) is 13.2 Å². The highest BCUT2D eigenvalue weighted by molar-refractivity contribution is 7.09. The highest BCUT2D eigenvalue weighted by Crippen LogP contribution is 2.21. The van der Waals surface area contributed by atoms with Gasteiger partial charge in [0.25, 0.3) is 0 Å². The fourth-order valence-electron chi connectivity index (χ4n) is 1.21. The summed E-state index contributed by atoms with van der Waals surface area (Å²) in [5.41, 5.74) is -0.114. The summed E-state index contributed by atoms with van der Waals surface area (Å²) in [5, 5.41) is 14.9. The molecule has 2 N–H and O–H groups in total. The van der Waals surface area contributed by atoms with Gasteiger partial charge in [0.15, 0.2) is 0 Å². The van der Waals surface area contributed by atoms with Crippen LogP contribution in [0.1, 0.15) is 18.9 Å². The Hall–Kier alpha value is -0.490. The minimum absolute atomic E-state index is 0.0792. The van der Waals surface area contributed by atoms with Crippen molar-refractivity contribution in [2.75, 3.05) is 26.4 Å². The van der Waals surface area contributed by atoms with Crippen molar-refractivity contribution < 1.29 is 9.84 Å². The molecule has 0 amide bonds. The highest BCUT2D eigenvalue weighted by Gasteiger charge is 2.21. The first-order valence-electron chi connectivity index (χ1n) is 5.00. The molecule has 1 aromatic rings. The van der Waals surface area contributed by atoms with Gasteiger partial charge in [0.05, 0.1) is 25.4 Å². The average molecular weight is 230 g/mol. The van der Waals surface area contributed by atoms with Crippen LogP contribution >= 0.6 is 11.3 Å². The number of rotatable bonds is 7. The summed E-state index contributed by atoms with van der Waals surface area (Å²) in [6, 6.07) is 0. The number of aliphatic hydroxyl groups is 1. The first-order chi connectivity index (χ1) is 7.17. The molecular formula is C10H18N2O2S. The Morgan fingerprint density at radius 2 is 2.33 bits per heavy atom. The van der Waals surface area contributed by atoms with Gasteiger partial charge in [-0.2, -0.15) is 0 Å². The summed E-state index contributed by atoms with van der Waals surface area (Å²) in [4.78, 5) is 4.28. The zero-order valence-corrected chi connectivity index (χ0v) is 10.0. The van der Waals surface area contributed by atoms with Crippen LogP contribution in [-0.2, 0) is 10.3 Å². The number of hydrogen-bond donors (Lipinski definition) is 2. The molecule has 1 rings (SSSR count). The van der Waals surface area contributed by atoms with Gasteiger partial charge in [0.2, 0.25) is 0 Å². The fourth-order valence-corrected chi connectivity index (χ4v) is 1.95. The van der Waals surface area contributed by atoms with Crippen molar-refractivity contribution in [3.63, 3.8) is 0 Å². The second-order valence-electron chi connectivity index (χ2n) is 3.73. The molecule has 0 radical (unpaired) electrons. The first kappa shape index (κ1) is 12.6. The van der Waals surface area contributed by atoms with E-state index in [-0.39, 0.29) is 12.1 Å². The molecule has 1 aromatic heterocycles. The Kier molecular flexibility index (Phi) is 5.17. The topological polar surface area (TPSA) is 54.4 Å². The molecule has 0 atom stereocenters. The molecule has 5 heteroatoms. The smallest absolute Gasteiger partial charge is 0.112 e. The largest absolute Gasteiger partial charge is 0.394 e. The normalized spacial score (nSPS) is 11.9. The lowest BCUT2D eigenvalue weighted by atomic mass is 10.1. The Labute approximate surface area is 94.3 Å².